The highest BCUT2D eigenvalue weighted by molar-refractivity contribution is 8.00. The summed E-state index contributed by atoms with van der Waals surface area (Å²) >= 11 is 1.63. The zero-order chi connectivity index (χ0) is 15.4. The number of esters is 1. The lowest BCUT2D eigenvalue weighted by Gasteiger charge is -2.25. The molecule has 0 spiro atoms. The molecule has 1 heterocycles. The van der Waals surface area contributed by atoms with Crippen LogP contribution < -0.4 is 0 Å². The first kappa shape index (κ1) is 15.9. The molecule has 0 aliphatic carbocycles. The predicted octanol–water partition coefficient (Wildman–Crippen LogP) is 1.61. The number of hydrogen-bond acceptors (Lipinski definition) is 5. The lowest BCUT2D eigenvalue weighted by Crippen LogP contribution is -2.34. The molecule has 1 unspecified atom stereocenters. The minimum Gasteiger partial charge on any atom is -0.465 e. The first-order chi connectivity index (χ1) is 10.0. The van der Waals surface area contributed by atoms with Gasteiger partial charge in [0.1, 0.15) is 5.37 Å². The van der Waals surface area contributed by atoms with E-state index >= 15 is 0 Å². The number of rotatable bonds is 5. The van der Waals surface area contributed by atoms with Crippen LogP contribution in [0, 0.1) is 0 Å². The van der Waals surface area contributed by atoms with E-state index < -0.39 is 0 Å². The van der Waals surface area contributed by atoms with E-state index in [1.54, 1.807) is 23.9 Å². The van der Waals surface area contributed by atoms with Gasteiger partial charge >= 0.3 is 5.97 Å². The molecule has 6 heteroatoms. The summed E-state index contributed by atoms with van der Waals surface area (Å²) in [6.45, 7) is 1.55. The summed E-state index contributed by atoms with van der Waals surface area (Å²) in [5.41, 5.74) is 1.56. The van der Waals surface area contributed by atoms with Gasteiger partial charge in [0.25, 0.3) is 0 Å². The fourth-order valence-corrected chi connectivity index (χ4v) is 3.40. The number of benzene rings is 1. The molecule has 0 radical (unpaired) electrons. The fraction of sp³-hybridized carbons (Fsp3) is 0.467. The average Bonchev–Trinajstić information content (AvgIpc) is 2.85. The van der Waals surface area contributed by atoms with Crippen LogP contribution in [-0.4, -0.2) is 61.7 Å². The number of ether oxygens (including phenoxy) is 1. The maximum atomic E-state index is 12.0. The normalized spacial score (nSPS) is 18.4. The quantitative estimate of drug-likeness (QED) is 0.774. The third-order valence-corrected chi connectivity index (χ3v) is 4.63. The van der Waals surface area contributed by atoms with Crippen LogP contribution in [0.1, 0.15) is 21.3 Å². The third-order valence-electron chi connectivity index (χ3n) is 3.37. The second kappa shape index (κ2) is 6.95. The molecule has 1 saturated heterocycles. The predicted molar refractivity (Wildman–Crippen MR) is 83.2 cm³/mol. The number of amides is 1. The Bertz CT molecular complexity index is 516. The molecule has 1 amide bonds. The van der Waals surface area contributed by atoms with E-state index in [1.807, 2.05) is 31.1 Å². The van der Waals surface area contributed by atoms with Crippen molar-refractivity contribution in [1.29, 1.82) is 0 Å². The van der Waals surface area contributed by atoms with Crippen molar-refractivity contribution in [2.45, 2.75) is 5.37 Å². The Labute approximate surface area is 129 Å². The molecule has 5 nitrogen and oxygen atoms in total. The number of thioether (sulfide) groups is 1. The molecule has 1 aromatic carbocycles. The van der Waals surface area contributed by atoms with Crippen LogP contribution in [0.4, 0.5) is 0 Å². The van der Waals surface area contributed by atoms with Crippen LogP contribution in [0.2, 0.25) is 0 Å². The topological polar surface area (TPSA) is 49.9 Å². The highest BCUT2D eigenvalue weighted by Crippen LogP contribution is 2.38. The fourth-order valence-electron chi connectivity index (χ4n) is 2.18. The summed E-state index contributed by atoms with van der Waals surface area (Å²) in [4.78, 5) is 27.4. The van der Waals surface area contributed by atoms with Crippen LogP contribution in [-0.2, 0) is 9.53 Å². The van der Waals surface area contributed by atoms with Gasteiger partial charge in [-0.05, 0) is 31.8 Å². The standard InChI is InChI=1S/C15H20N2O3S/c1-16(2)8-9-17-13(18)10-21-14(17)11-4-6-12(7-5-11)15(19)20-3/h4-7,14H,8-10H2,1-3H3. The van der Waals surface area contributed by atoms with Crippen molar-refractivity contribution in [2.75, 3.05) is 40.0 Å². The largest absolute Gasteiger partial charge is 0.465 e. The van der Waals surface area contributed by atoms with E-state index in [1.165, 1.54) is 7.11 Å². The third kappa shape index (κ3) is 3.77. The number of likely N-dealkylation sites (N-methyl/N-ethyl adjacent to an activating group) is 1. The molecule has 1 aliphatic rings. The number of nitrogens with zero attached hydrogens (tertiary/aromatic N) is 2. The van der Waals surface area contributed by atoms with Crippen molar-refractivity contribution in [3.05, 3.63) is 35.4 Å². The average molecular weight is 308 g/mol. The van der Waals surface area contributed by atoms with Crippen LogP contribution in [0.25, 0.3) is 0 Å². The van der Waals surface area contributed by atoms with Gasteiger partial charge in [-0.1, -0.05) is 12.1 Å². The summed E-state index contributed by atoms with van der Waals surface area (Å²) in [5.74, 6) is 0.335. The molecule has 0 saturated carbocycles. The van der Waals surface area contributed by atoms with Crippen molar-refractivity contribution in [3.8, 4) is 0 Å². The summed E-state index contributed by atoms with van der Waals surface area (Å²) in [6, 6.07) is 7.28. The van der Waals surface area contributed by atoms with Gasteiger partial charge in [-0.2, -0.15) is 0 Å². The van der Waals surface area contributed by atoms with Gasteiger partial charge < -0.3 is 14.5 Å². The number of carbonyl (C=O) groups is 2. The summed E-state index contributed by atoms with van der Waals surface area (Å²) in [5, 5.41) is 0.0316. The van der Waals surface area contributed by atoms with Crippen molar-refractivity contribution >= 4 is 23.6 Å². The smallest absolute Gasteiger partial charge is 0.337 e. The van der Waals surface area contributed by atoms with E-state index in [-0.39, 0.29) is 17.3 Å². The van der Waals surface area contributed by atoms with Crippen molar-refractivity contribution in [2.24, 2.45) is 0 Å². The van der Waals surface area contributed by atoms with E-state index in [4.69, 9.17) is 4.74 Å². The highest BCUT2D eigenvalue weighted by atomic mass is 32.2. The minimum atomic E-state index is -0.346. The van der Waals surface area contributed by atoms with Gasteiger partial charge in [0, 0.05) is 13.1 Å². The Hall–Kier alpha value is -1.53. The lowest BCUT2D eigenvalue weighted by atomic mass is 10.1. The molecule has 21 heavy (non-hydrogen) atoms. The Balaban J connectivity index is 2.12. The first-order valence-corrected chi connectivity index (χ1v) is 7.82. The number of methoxy groups -OCH3 is 1. The maximum absolute atomic E-state index is 12.0. The molecule has 1 aliphatic heterocycles. The summed E-state index contributed by atoms with van der Waals surface area (Å²) < 4.78 is 4.69. The van der Waals surface area contributed by atoms with Gasteiger partial charge in [0.2, 0.25) is 5.91 Å². The second-order valence-corrected chi connectivity index (χ2v) is 6.24. The molecule has 2 rings (SSSR count). The zero-order valence-electron chi connectivity index (χ0n) is 12.5. The van der Waals surface area contributed by atoms with Crippen LogP contribution in [0.5, 0.6) is 0 Å². The van der Waals surface area contributed by atoms with Gasteiger partial charge in [-0.15, -0.1) is 11.8 Å². The Morgan fingerprint density at radius 2 is 2.05 bits per heavy atom. The van der Waals surface area contributed by atoms with Crippen LogP contribution in [0.3, 0.4) is 0 Å². The van der Waals surface area contributed by atoms with Crippen LogP contribution in [0.15, 0.2) is 24.3 Å². The highest BCUT2D eigenvalue weighted by Gasteiger charge is 2.32. The molecule has 1 fully saturated rings. The molecule has 114 valence electrons. The van der Waals surface area contributed by atoms with E-state index in [2.05, 4.69) is 4.90 Å². The molecule has 0 aromatic heterocycles. The monoisotopic (exact) mass is 308 g/mol. The number of carbonyl (C=O) groups excluding carboxylic acids is 2. The Kier molecular flexibility index (Phi) is 5.25. The van der Waals surface area contributed by atoms with Crippen molar-refractivity contribution < 1.29 is 14.3 Å². The van der Waals surface area contributed by atoms with Crippen molar-refractivity contribution in [3.63, 3.8) is 0 Å². The molecule has 1 atom stereocenters. The molecule has 0 N–H and O–H groups in total. The van der Waals surface area contributed by atoms with Gasteiger partial charge in [-0.25, -0.2) is 4.79 Å². The maximum Gasteiger partial charge on any atom is 0.337 e. The zero-order valence-corrected chi connectivity index (χ0v) is 13.4. The molecular weight excluding hydrogens is 288 g/mol. The lowest BCUT2D eigenvalue weighted by molar-refractivity contribution is -0.128. The van der Waals surface area contributed by atoms with E-state index in [0.29, 0.717) is 17.9 Å². The van der Waals surface area contributed by atoms with Crippen LogP contribution >= 0.6 is 11.8 Å². The molecule has 1 aromatic rings. The summed E-state index contributed by atoms with van der Waals surface area (Å²) in [7, 11) is 5.35. The molecule has 0 bridgehead atoms. The van der Waals surface area contributed by atoms with Crippen molar-refractivity contribution in [1.82, 2.24) is 9.80 Å². The Morgan fingerprint density at radius 1 is 1.38 bits per heavy atom. The van der Waals surface area contributed by atoms with Gasteiger partial charge in [0.15, 0.2) is 0 Å². The SMILES string of the molecule is COC(=O)c1ccc(C2SCC(=O)N2CCN(C)C)cc1. The van der Waals surface area contributed by atoms with Gasteiger partial charge in [-0.3, -0.25) is 4.79 Å². The van der Waals surface area contributed by atoms with E-state index in [0.717, 1.165) is 12.1 Å². The van der Waals surface area contributed by atoms with Gasteiger partial charge in [0.05, 0.1) is 18.4 Å². The second-order valence-electron chi connectivity index (χ2n) is 5.17. The summed E-state index contributed by atoms with van der Waals surface area (Å²) in [6.07, 6.45) is 0. The molecular formula is C15H20N2O3S. The Morgan fingerprint density at radius 3 is 2.62 bits per heavy atom. The minimum absolute atomic E-state index is 0.0316. The van der Waals surface area contributed by atoms with E-state index in [9.17, 15) is 9.59 Å². The number of hydrogen-bond donors (Lipinski definition) is 0. The first-order valence-electron chi connectivity index (χ1n) is 6.77.